The average molecular weight is 395 g/mol. The predicted octanol–water partition coefficient (Wildman–Crippen LogP) is 4.88. The van der Waals surface area contributed by atoms with Crippen LogP contribution in [0.2, 0.25) is 5.15 Å². The summed E-state index contributed by atoms with van der Waals surface area (Å²) < 4.78 is 6.72. The molecular weight excluding hydrogens is 375 g/mol. The number of aromatic nitrogens is 2. The summed E-state index contributed by atoms with van der Waals surface area (Å²) in [5.74, 6) is 1.29. The van der Waals surface area contributed by atoms with Crippen molar-refractivity contribution in [2.45, 2.75) is 58.0 Å². The standard InChI is InChI=1S/C14H20ClIN2O/c1-3-10(19-4-2)14-17-12(9-7-5-6-8-9)11(16)13(15)18-14/h9-10H,3-8H2,1-2H3. The maximum absolute atomic E-state index is 6.28. The molecule has 1 aromatic heterocycles. The fourth-order valence-corrected chi connectivity index (χ4v) is 3.51. The van der Waals surface area contributed by atoms with Crippen LogP contribution in [-0.2, 0) is 4.74 Å². The van der Waals surface area contributed by atoms with E-state index in [0.29, 0.717) is 17.7 Å². The van der Waals surface area contributed by atoms with Crippen LogP contribution in [0.15, 0.2) is 0 Å². The van der Waals surface area contributed by atoms with Gasteiger partial charge in [-0.3, -0.25) is 0 Å². The van der Waals surface area contributed by atoms with E-state index in [0.717, 1.165) is 21.5 Å². The van der Waals surface area contributed by atoms with Crippen LogP contribution in [0.4, 0.5) is 0 Å². The van der Waals surface area contributed by atoms with E-state index in [1.54, 1.807) is 0 Å². The fraction of sp³-hybridized carbons (Fsp3) is 0.714. The molecule has 1 aliphatic carbocycles. The maximum Gasteiger partial charge on any atom is 0.159 e. The number of ether oxygens (including phenoxy) is 1. The second kappa shape index (κ2) is 7.18. The lowest BCUT2D eigenvalue weighted by Gasteiger charge is -2.18. The number of nitrogens with zero attached hydrogens (tertiary/aromatic N) is 2. The molecule has 1 fully saturated rings. The normalized spacial score (nSPS) is 17.9. The Morgan fingerprint density at radius 2 is 2.00 bits per heavy atom. The van der Waals surface area contributed by atoms with Crippen molar-refractivity contribution in [3.63, 3.8) is 0 Å². The van der Waals surface area contributed by atoms with Gasteiger partial charge in [0, 0.05) is 12.5 Å². The minimum absolute atomic E-state index is 0.0420. The highest BCUT2D eigenvalue weighted by Crippen LogP contribution is 2.37. The first-order valence-corrected chi connectivity index (χ1v) is 8.47. The van der Waals surface area contributed by atoms with Gasteiger partial charge < -0.3 is 4.74 Å². The highest BCUT2D eigenvalue weighted by Gasteiger charge is 2.25. The van der Waals surface area contributed by atoms with Crippen molar-refractivity contribution in [2.75, 3.05) is 6.61 Å². The third kappa shape index (κ3) is 3.58. The fourth-order valence-electron chi connectivity index (χ4n) is 2.64. The lowest BCUT2D eigenvalue weighted by molar-refractivity contribution is 0.0532. The van der Waals surface area contributed by atoms with Gasteiger partial charge in [-0.05, 0) is 48.8 Å². The Labute approximate surface area is 133 Å². The van der Waals surface area contributed by atoms with Gasteiger partial charge in [0.05, 0.1) is 9.26 Å². The predicted molar refractivity (Wildman–Crippen MR) is 85.6 cm³/mol. The van der Waals surface area contributed by atoms with Gasteiger partial charge >= 0.3 is 0 Å². The summed E-state index contributed by atoms with van der Waals surface area (Å²) in [7, 11) is 0. The molecule has 2 rings (SSSR count). The molecular formula is C14H20ClIN2O. The summed E-state index contributed by atoms with van der Waals surface area (Å²) in [6, 6.07) is 0. The quantitative estimate of drug-likeness (QED) is 0.527. The van der Waals surface area contributed by atoms with Gasteiger partial charge in [-0.1, -0.05) is 31.4 Å². The summed E-state index contributed by atoms with van der Waals surface area (Å²) in [6.45, 7) is 4.75. The van der Waals surface area contributed by atoms with E-state index in [1.165, 1.54) is 25.7 Å². The Bertz CT molecular complexity index is 436. The smallest absolute Gasteiger partial charge is 0.159 e. The third-order valence-electron chi connectivity index (χ3n) is 3.62. The number of hydrogen-bond donors (Lipinski definition) is 0. The molecule has 1 heterocycles. The van der Waals surface area contributed by atoms with Crippen molar-refractivity contribution < 1.29 is 4.74 Å². The Balaban J connectivity index is 2.34. The molecule has 5 heteroatoms. The summed E-state index contributed by atoms with van der Waals surface area (Å²) in [5, 5.41) is 0.575. The van der Waals surface area contributed by atoms with E-state index in [1.807, 2.05) is 6.92 Å². The van der Waals surface area contributed by atoms with Crippen LogP contribution >= 0.6 is 34.2 Å². The SMILES string of the molecule is CCOC(CC)c1nc(Cl)c(I)c(C2CCCC2)n1. The molecule has 3 nitrogen and oxygen atoms in total. The summed E-state index contributed by atoms with van der Waals surface area (Å²) >= 11 is 8.55. The summed E-state index contributed by atoms with van der Waals surface area (Å²) in [4.78, 5) is 9.19. The van der Waals surface area contributed by atoms with Crippen LogP contribution in [0.1, 0.15) is 69.5 Å². The Hall–Kier alpha value is 0.0600. The molecule has 1 saturated carbocycles. The molecule has 0 radical (unpaired) electrons. The van der Waals surface area contributed by atoms with Crippen LogP contribution in [0.3, 0.4) is 0 Å². The van der Waals surface area contributed by atoms with Gasteiger partial charge in [0.2, 0.25) is 0 Å². The molecule has 1 unspecified atom stereocenters. The van der Waals surface area contributed by atoms with Gasteiger partial charge in [-0.25, -0.2) is 9.97 Å². The van der Waals surface area contributed by atoms with Gasteiger partial charge in [0.1, 0.15) is 11.3 Å². The van der Waals surface area contributed by atoms with E-state index >= 15 is 0 Å². The molecule has 0 amide bonds. The third-order valence-corrected chi connectivity index (χ3v) is 5.28. The van der Waals surface area contributed by atoms with E-state index in [9.17, 15) is 0 Å². The van der Waals surface area contributed by atoms with Gasteiger partial charge in [-0.2, -0.15) is 0 Å². The molecule has 1 atom stereocenters. The molecule has 19 heavy (non-hydrogen) atoms. The van der Waals surface area contributed by atoms with Crippen LogP contribution in [0.25, 0.3) is 0 Å². The van der Waals surface area contributed by atoms with Gasteiger partial charge in [0.15, 0.2) is 5.82 Å². The zero-order valence-corrected chi connectivity index (χ0v) is 14.4. The molecule has 106 valence electrons. The highest BCUT2D eigenvalue weighted by molar-refractivity contribution is 14.1. The number of rotatable bonds is 5. The molecule has 0 saturated heterocycles. The summed E-state index contributed by atoms with van der Waals surface area (Å²) in [6.07, 6.45) is 5.84. The number of halogens is 2. The van der Waals surface area contributed by atoms with Crippen LogP contribution in [-0.4, -0.2) is 16.6 Å². The molecule has 1 aromatic rings. The van der Waals surface area contributed by atoms with Crippen LogP contribution in [0.5, 0.6) is 0 Å². The maximum atomic E-state index is 6.28. The van der Waals surface area contributed by atoms with Crippen molar-refractivity contribution in [1.82, 2.24) is 9.97 Å². The first kappa shape index (κ1) is 15.4. The largest absolute Gasteiger partial charge is 0.371 e. The van der Waals surface area contributed by atoms with Crippen molar-refractivity contribution in [3.05, 3.63) is 20.2 Å². The topological polar surface area (TPSA) is 35.0 Å². The van der Waals surface area contributed by atoms with Crippen molar-refractivity contribution in [1.29, 1.82) is 0 Å². The first-order valence-electron chi connectivity index (χ1n) is 7.01. The van der Waals surface area contributed by atoms with Gasteiger partial charge in [0.25, 0.3) is 0 Å². The van der Waals surface area contributed by atoms with Crippen molar-refractivity contribution in [3.8, 4) is 0 Å². The zero-order valence-electron chi connectivity index (χ0n) is 11.5. The van der Waals surface area contributed by atoms with E-state index in [2.05, 4.69) is 34.5 Å². The lowest BCUT2D eigenvalue weighted by atomic mass is 10.0. The Morgan fingerprint density at radius 1 is 1.32 bits per heavy atom. The average Bonchev–Trinajstić information content (AvgIpc) is 2.93. The molecule has 0 aliphatic heterocycles. The molecule has 0 bridgehead atoms. The minimum Gasteiger partial charge on any atom is -0.371 e. The monoisotopic (exact) mass is 394 g/mol. The van der Waals surface area contributed by atoms with E-state index in [-0.39, 0.29) is 6.10 Å². The summed E-state index contributed by atoms with van der Waals surface area (Å²) in [5.41, 5.74) is 1.13. The Kier molecular flexibility index (Phi) is 5.84. The molecule has 0 spiro atoms. The van der Waals surface area contributed by atoms with E-state index in [4.69, 9.17) is 21.3 Å². The van der Waals surface area contributed by atoms with Gasteiger partial charge in [-0.15, -0.1) is 0 Å². The van der Waals surface area contributed by atoms with Crippen molar-refractivity contribution >= 4 is 34.2 Å². The van der Waals surface area contributed by atoms with Crippen LogP contribution < -0.4 is 0 Å². The Morgan fingerprint density at radius 3 is 2.58 bits per heavy atom. The number of hydrogen-bond acceptors (Lipinski definition) is 3. The minimum atomic E-state index is -0.0420. The second-order valence-electron chi connectivity index (χ2n) is 4.91. The second-order valence-corrected chi connectivity index (χ2v) is 6.34. The highest BCUT2D eigenvalue weighted by atomic mass is 127. The molecule has 1 aliphatic rings. The van der Waals surface area contributed by atoms with Crippen LogP contribution in [0, 0.1) is 3.57 Å². The zero-order chi connectivity index (χ0) is 13.8. The molecule has 0 N–H and O–H groups in total. The first-order chi connectivity index (χ1) is 9.17. The van der Waals surface area contributed by atoms with Crippen molar-refractivity contribution in [2.24, 2.45) is 0 Å². The van der Waals surface area contributed by atoms with E-state index < -0.39 is 0 Å². The lowest BCUT2D eigenvalue weighted by Crippen LogP contribution is -2.12. The molecule has 0 aromatic carbocycles.